The van der Waals surface area contributed by atoms with E-state index in [2.05, 4.69) is 6.07 Å². The number of likely N-dealkylation sites (tertiary alicyclic amines) is 1. The summed E-state index contributed by atoms with van der Waals surface area (Å²) in [5.74, 6) is 0.0965. The summed E-state index contributed by atoms with van der Waals surface area (Å²) in [4.78, 5) is 15.3. The molecule has 1 unspecified atom stereocenters. The van der Waals surface area contributed by atoms with Gasteiger partial charge in [0.1, 0.15) is 0 Å². The van der Waals surface area contributed by atoms with Gasteiger partial charge in [-0.05, 0) is 61.1 Å². The molecule has 0 radical (unpaired) electrons. The molecule has 0 spiro atoms. The summed E-state index contributed by atoms with van der Waals surface area (Å²) in [6.45, 7) is 2.30. The Morgan fingerprint density at radius 2 is 1.73 bits per heavy atom. The number of nitrogens with zero attached hydrogens (tertiary/aromatic N) is 2. The second-order valence-electron chi connectivity index (χ2n) is 9.08. The lowest BCUT2D eigenvalue weighted by Gasteiger charge is -2.46. The third kappa shape index (κ3) is 5.24. The van der Waals surface area contributed by atoms with E-state index in [9.17, 15) is 13.2 Å². The molecule has 1 heterocycles. The van der Waals surface area contributed by atoms with Gasteiger partial charge in [-0.1, -0.05) is 54.4 Å². The van der Waals surface area contributed by atoms with E-state index in [0.717, 1.165) is 24.0 Å². The maximum atomic E-state index is 13.4. The van der Waals surface area contributed by atoms with Crippen LogP contribution in [0, 0.1) is 0 Å². The van der Waals surface area contributed by atoms with Gasteiger partial charge in [-0.25, -0.2) is 12.7 Å². The van der Waals surface area contributed by atoms with Gasteiger partial charge in [-0.3, -0.25) is 4.79 Å². The smallest absolute Gasteiger partial charge is 0.223 e. The van der Waals surface area contributed by atoms with Crippen LogP contribution < -0.4 is 0 Å². The monoisotopic (exact) mass is 508 g/mol. The maximum absolute atomic E-state index is 13.4. The molecule has 1 aliphatic heterocycles. The van der Waals surface area contributed by atoms with Crippen molar-refractivity contribution in [3.05, 3.63) is 69.7 Å². The zero-order valence-corrected chi connectivity index (χ0v) is 21.3. The van der Waals surface area contributed by atoms with E-state index >= 15 is 0 Å². The topological polar surface area (TPSA) is 57.7 Å². The Morgan fingerprint density at radius 1 is 1.03 bits per heavy atom. The molecule has 0 N–H and O–H groups in total. The van der Waals surface area contributed by atoms with Crippen LogP contribution in [-0.4, -0.2) is 48.4 Å². The fourth-order valence-corrected chi connectivity index (χ4v) is 6.86. The van der Waals surface area contributed by atoms with Crippen LogP contribution in [0.1, 0.15) is 62.1 Å². The lowest BCUT2D eigenvalue weighted by Crippen LogP contribution is -2.52. The van der Waals surface area contributed by atoms with E-state index in [4.69, 9.17) is 23.2 Å². The Balaban J connectivity index is 1.73. The van der Waals surface area contributed by atoms with Gasteiger partial charge in [0.25, 0.3) is 0 Å². The molecule has 178 valence electrons. The van der Waals surface area contributed by atoms with Crippen molar-refractivity contribution in [3.8, 4) is 0 Å². The van der Waals surface area contributed by atoms with E-state index in [1.165, 1.54) is 4.31 Å². The highest BCUT2D eigenvalue weighted by atomic mass is 35.5. The second-order valence-corrected chi connectivity index (χ2v) is 12.3. The molecule has 1 saturated carbocycles. The second kappa shape index (κ2) is 9.95. The minimum absolute atomic E-state index is 0.0435. The normalized spacial score (nSPS) is 22.6. The van der Waals surface area contributed by atoms with Crippen LogP contribution in [0.25, 0.3) is 0 Å². The Labute approximate surface area is 206 Å². The molecule has 8 heteroatoms. The zero-order chi connectivity index (χ0) is 23.8. The van der Waals surface area contributed by atoms with Crippen molar-refractivity contribution >= 4 is 39.1 Å². The average molecular weight is 509 g/mol. The van der Waals surface area contributed by atoms with E-state index in [1.807, 2.05) is 54.3 Å². The minimum Gasteiger partial charge on any atom is -0.331 e. The van der Waals surface area contributed by atoms with Crippen LogP contribution in [0.15, 0.2) is 48.5 Å². The highest BCUT2D eigenvalue weighted by molar-refractivity contribution is 7.90. The van der Waals surface area contributed by atoms with Gasteiger partial charge in [0.2, 0.25) is 15.9 Å². The predicted molar refractivity (Wildman–Crippen MR) is 133 cm³/mol. The van der Waals surface area contributed by atoms with Crippen LogP contribution in [0.3, 0.4) is 0 Å². The summed E-state index contributed by atoms with van der Waals surface area (Å²) in [6.07, 6.45) is 3.21. The zero-order valence-electron chi connectivity index (χ0n) is 19.0. The maximum Gasteiger partial charge on any atom is 0.223 e. The Kier molecular flexibility index (Phi) is 7.39. The molecule has 3 atom stereocenters. The number of benzene rings is 2. The number of carbonyl (C=O) groups is 1. The van der Waals surface area contributed by atoms with Gasteiger partial charge >= 0.3 is 0 Å². The number of sulfonamides is 1. The largest absolute Gasteiger partial charge is 0.331 e. The van der Waals surface area contributed by atoms with E-state index in [-0.39, 0.29) is 35.7 Å². The van der Waals surface area contributed by atoms with E-state index < -0.39 is 10.0 Å². The predicted octanol–water partition coefficient (Wildman–Crippen LogP) is 5.64. The molecule has 1 amide bonds. The molecule has 1 saturated heterocycles. The Morgan fingerprint density at radius 3 is 2.33 bits per heavy atom. The molecule has 4 rings (SSSR count). The summed E-state index contributed by atoms with van der Waals surface area (Å²) in [5, 5.41) is 1.02. The number of amides is 1. The third-order valence-corrected chi connectivity index (χ3v) is 9.66. The van der Waals surface area contributed by atoms with Crippen LogP contribution in [-0.2, 0) is 14.8 Å². The summed E-state index contributed by atoms with van der Waals surface area (Å²) in [7, 11) is -1.69. The fourth-order valence-electron chi connectivity index (χ4n) is 4.92. The first-order chi connectivity index (χ1) is 15.7. The van der Waals surface area contributed by atoms with Crippen molar-refractivity contribution in [1.29, 1.82) is 0 Å². The van der Waals surface area contributed by atoms with Crippen LogP contribution >= 0.6 is 23.2 Å². The SMILES string of the molecule is CCC(CN(C)S(=O)(=O)C1CC1)N1C(=O)CC[C@H](c2cccc(Cl)c2)[C@H]1c1ccc(Cl)cc1. The van der Waals surface area contributed by atoms with Gasteiger partial charge in [0.05, 0.1) is 11.3 Å². The molecule has 2 aliphatic rings. The average Bonchev–Trinajstić information content (AvgIpc) is 3.64. The highest BCUT2D eigenvalue weighted by Gasteiger charge is 2.43. The van der Waals surface area contributed by atoms with Gasteiger partial charge < -0.3 is 4.90 Å². The van der Waals surface area contributed by atoms with Gasteiger partial charge in [0.15, 0.2) is 0 Å². The molecule has 2 aromatic rings. The van der Waals surface area contributed by atoms with Crippen LogP contribution in [0.2, 0.25) is 10.0 Å². The summed E-state index contributed by atoms with van der Waals surface area (Å²) in [5.41, 5.74) is 2.07. The fraction of sp³-hybridized carbons (Fsp3) is 0.480. The quantitative estimate of drug-likeness (QED) is 0.463. The van der Waals surface area contributed by atoms with Crippen molar-refractivity contribution in [2.75, 3.05) is 13.6 Å². The molecule has 2 fully saturated rings. The summed E-state index contributed by atoms with van der Waals surface area (Å²) >= 11 is 12.5. The number of hydrogen-bond donors (Lipinski definition) is 0. The molecule has 0 aromatic heterocycles. The highest BCUT2D eigenvalue weighted by Crippen LogP contribution is 2.45. The number of rotatable bonds is 8. The van der Waals surface area contributed by atoms with Crippen molar-refractivity contribution in [1.82, 2.24) is 9.21 Å². The van der Waals surface area contributed by atoms with Gasteiger partial charge in [-0.15, -0.1) is 0 Å². The number of likely N-dealkylation sites (N-methyl/N-ethyl adjacent to an activating group) is 1. The summed E-state index contributed by atoms with van der Waals surface area (Å²) in [6, 6.07) is 14.9. The van der Waals surface area contributed by atoms with Crippen molar-refractivity contribution < 1.29 is 13.2 Å². The number of carbonyl (C=O) groups excluding carboxylic acids is 1. The van der Waals surface area contributed by atoms with Crippen LogP contribution in [0.4, 0.5) is 0 Å². The Hall–Kier alpha value is -1.60. The molecule has 0 bridgehead atoms. The molecule has 2 aromatic carbocycles. The third-order valence-electron chi connectivity index (χ3n) is 6.84. The molecular formula is C25H30Cl2N2O3S. The molecule has 33 heavy (non-hydrogen) atoms. The lowest BCUT2D eigenvalue weighted by molar-refractivity contribution is -0.141. The van der Waals surface area contributed by atoms with E-state index in [1.54, 1.807) is 7.05 Å². The molecule has 5 nitrogen and oxygen atoms in total. The number of hydrogen-bond acceptors (Lipinski definition) is 3. The van der Waals surface area contributed by atoms with E-state index in [0.29, 0.717) is 29.3 Å². The van der Waals surface area contributed by atoms with Crippen molar-refractivity contribution in [3.63, 3.8) is 0 Å². The van der Waals surface area contributed by atoms with Gasteiger partial charge in [0, 0.05) is 42.0 Å². The number of halogens is 2. The standard InChI is InChI=1S/C25H30Cl2N2O3S/c1-3-21(16-28(2)33(31,32)22-11-12-22)29-24(30)14-13-23(18-5-4-6-20(27)15-18)25(29)17-7-9-19(26)10-8-17/h4-10,15,21-23,25H,3,11-14,16H2,1-2H3/t21?,23-,25-/m1/s1. The van der Waals surface area contributed by atoms with Gasteiger partial charge in [-0.2, -0.15) is 0 Å². The summed E-state index contributed by atoms with van der Waals surface area (Å²) < 4.78 is 27.1. The minimum atomic E-state index is -3.33. The lowest BCUT2D eigenvalue weighted by atomic mass is 9.79. The van der Waals surface area contributed by atoms with Crippen molar-refractivity contribution in [2.45, 2.75) is 62.3 Å². The van der Waals surface area contributed by atoms with Crippen LogP contribution in [0.5, 0.6) is 0 Å². The first kappa shape index (κ1) is 24.5. The molecule has 1 aliphatic carbocycles. The van der Waals surface area contributed by atoms with Crippen molar-refractivity contribution in [2.24, 2.45) is 0 Å². The first-order valence-corrected chi connectivity index (χ1v) is 13.8. The Bertz CT molecular complexity index is 1100. The molecular weight excluding hydrogens is 479 g/mol. The number of piperidine rings is 1. The first-order valence-electron chi connectivity index (χ1n) is 11.5.